The van der Waals surface area contributed by atoms with Gasteiger partial charge in [-0.15, -0.1) is 0 Å². The molecule has 0 aromatic heterocycles. The highest BCUT2D eigenvalue weighted by molar-refractivity contribution is 5.78. The largest absolute Gasteiger partial charge is 0.353 e. The molecule has 2 fully saturated rings. The van der Waals surface area contributed by atoms with Crippen molar-refractivity contribution < 1.29 is 4.79 Å². The van der Waals surface area contributed by atoms with Crippen molar-refractivity contribution in [3.63, 3.8) is 0 Å². The van der Waals surface area contributed by atoms with E-state index in [0.717, 1.165) is 30.5 Å². The fourth-order valence-electron chi connectivity index (χ4n) is 3.61. The van der Waals surface area contributed by atoms with E-state index >= 15 is 0 Å². The average molecular weight is 287 g/mol. The maximum atomic E-state index is 12.2. The molecule has 3 rings (SSSR count). The Morgan fingerprint density at radius 3 is 2.71 bits per heavy atom. The summed E-state index contributed by atoms with van der Waals surface area (Å²) in [6.45, 7) is 2.94. The molecule has 1 aromatic rings. The van der Waals surface area contributed by atoms with Gasteiger partial charge >= 0.3 is 0 Å². The van der Waals surface area contributed by atoms with Gasteiger partial charge in [0.1, 0.15) is 0 Å². The van der Waals surface area contributed by atoms with E-state index in [1.807, 2.05) is 24.3 Å². The first-order chi connectivity index (χ1) is 10.2. The van der Waals surface area contributed by atoms with Crippen LogP contribution in [0.4, 0.5) is 0 Å². The zero-order valence-electron chi connectivity index (χ0n) is 12.6. The highest BCUT2D eigenvalue weighted by Crippen LogP contribution is 2.26. The molecule has 0 spiro atoms. The van der Waals surface area contributed by atoms with Crippen LogP contribution in [0.25, 0.3) is 0 Å². The summed E-state index contributed by atoms with van der Waals surface area (Å²) in [5, 5.41) is 3.22. The zero-order chi connectivity index (χ0) is 14.7. The van der Waals surface area contributed by atoms with Crippen molar-refractivity contribution in [2.24, 2.45) is 5.73 Å². The van der Waals surface area contributed by atoms with Crippen molar-refractivity contribution in [1.29, 1.82) is 0 Å². The lowest BCUT2D eigenvalue weighted by Crippen LogP contribution is -2.47. The fraction of sp³-hybridized carbons (Fsp3) is 0.588. The second-order valence-corrected chi connectivity index (χ2v) is 6.32. The van der Waals surface area contributed by atoms with E-state index in [0.29, 0.717) is 25.0 Å². The van der Waals surface area contributed by atoms with Gasteiger partial charge in [0, 0.05) is 25.2 Å². The highest BCUT2D eigenvalue weighted by atomic mass is 16.1. The predicted molar refractivity (Wildman–Crippen MR) is 83.8 cm³/mol. The molecular formula is C17H25N3O. The average Bonchev–Trinajstić information content (AvgIpc) is 2.95. The molecule has 0 aliphatic carbocycles. The Morgan fingerprint density at radius 1 is 1.19 bits per heavy atom. The van der Waals surface area contributed by atoms with Crippen LogP contribution in [0, 0.1) is 0 Å². The molecule has 2 heterocycles. The Labute approximate surface area is 126 Å². The number of piperidine rings is 1. The molecule has 0 saturated carbocycles. The molecule has 21 heavy (non-hydrogen) atoms. The van der Waals surface area contributed by atoms with E-state index in [2.05, 4.69) is 10.2 Å². The van der Waals surface area contributed by atoms with Gasteiger partial charge in [0.2, 0.25) is 5.91 Å². The summed E-state index contributed by atoms with van der Waals surface area (Å²) >= 11 is 0. The van der Waals surface area contributed by atoms with Crippen molar-refractivity contribution in [1.82, 2.24) is 10.2 Å². The Bertz CT molecular complexity index is 485. The Kier molecular flexibility index (Phi) is 4.56. The number of rotatable bonds is 4. The molecule has 2 aliphatic rings. The smallest absolute Gasteiger partial charge is 0.224 e. The number of nitrogens with zero attached hydrogens (tertiary/aromatic N) is 1. The number of nitrogens with two attached hydrogens (primary N) is 1. The molecule has 1 amide bonds. The molecular weight excluding hydrogens is 262 g/mol. The van der Waals surface area contributed by atoms with Crippen LogP contribution in [0.15, 0.2) is 24.3 Å². The molecule has 4 heteroatoms. The van der Waals surface area contributed by atoms with Crippen LogP contribution in [-0.4, -0.2) is 36.0 Å². The monoisotopic (exact) mass is 287 g/mol. The Hall–Kier alpha value is -1.39. The van der Waals surface area contributed by atoms with E-state index in [-0.39, 0.29) is 5.91 Å². The van der Waals surface area contributed by atoms with Gasteiger partial charge in [0.15, 0.2) is 0 Å². The van der Waals surface area contributed by atoms with Gasteiger partial charge in [-0.25, -0.2) is 0 Å². The number of amides is 1. The summed E-state index contributed by atoms with van der Waals surface area (Å²) < 4.78 is 0. The first-order valence-corrected chi connectivity index (χ1v) is 8.06. The molecule has 2 aliphatic heterocycles. The summed E-state index contributed by atoms with van der Waals surface area (Å²) in [4.78, 5) is 14.8. The van der Waals surface area contributed by atoms with Crippen molar-refractivity contribution in [2.45, 2.75) is 50.7 Å². The van der Waals surface area contributed by atoms with Gasteiger partial charge in [-0.2, -0.15) is 0 Å². The minimum Gasteiger partial charge on any atom is -0.353 e. The zero-order valence-corrected chi connectivity index (χ0v) is 12.6. The molecule has 3 N–H and O–H groups in total. The topological polar surface area (TPSA) is 58.4 Å². The minimum atomic E-state index is 0.145. The number of benzene rings is 1. The van der Waals surface area contributed by atoms with Crippen molar-refractivity contribution in [3.05, 3.63) is 35.4 Å². The molecule has 2 unspecified atom stereocenters. The quantitative estimate of drug-likeness (QED) is 0.881. The van der Waals surface area contributed by atoms with Crippen molar-refractivity contribution in [2.75, 3.05) is 13.1 Å². The van der Waals surface area contributed by atoms with Crippen LogP contribution in [-0.2, 0) is 17.8 Å². The van der Waals surface area contributed by atoms with Crippen LogP contribution >= 0.6 is 0 Å². The third kappa shape index (κ3) is 3.63. The van der Waals surface area contributed by atoms with Crippen LogP contribution in [0.1, 0.15) is 36.8 Å². The number of carbonyl (C=O) groups excluding carboxylic acids is 1. The molecule has 0 radical (unpaired) electrons. The fourth-order valence-corrected chi connectivity index (χ4v) is 3.61. The van der Waals surface area contributed by atoms with Crippen LogP contribution in [0.2, 0.25) is 0 Å². The van der Waals surface area contributed by atoms with Crippen LogP contribution in [0.3, 0.4) is 0 Å². The maximum Gasteiger partial charge on any atom is 0.224 e. The van der Waals surface area contributed by atoms with Crippen molar-refractivity contribution in [3.8, 4) is 0 Å². The van der Waals surface area contributed by atoms with Gasteiger partial charge in [-0.3, -0.25) is 4.79 Å². The third-order valence-corrected chi connectivity index (χ3v) is 4.81. The van der Waals surface area contributed by atoms with Gasteiger partial charge in [0.05, 0.1) is 6.42 Å². The van der Waals surface area contributed by atoms with E-state index < -0.39 is 0 Å². The highest BCUT2D eigenvalue weighted by Gasteiger charge is 2.32. The second-order valence-electron chi connectivity index (χ2n) is 6.32. The third-order valence-electron chi connectivity index (χ3n) is 4.81. The number of fused-ring (bicyclic) bond motifs is 1. The van der Waals surface area contributed by atoms with E-state index in [9.17, 15) is 4.79 Å². The van der Waals surface area contributed by atoms with Gasteiger partial charge in [0.25, 0.3) is 0 Å². The molecule has 0 bridgehead atoms. The lowest BCUT2D eigenvalue weighted by molar-refractivity contribution is -0.121. The summed E-state index contributed by atoms with van der Waals surface area (Å²) in [6, 6.07) is 9.06. The standard InChI is InChI=1S/C17H25N3O/c18-12-14-5-3-13(4-6-14)10-17(21)19-15-7-9-20-8-1-2-16(20)11-15/h3-6,15-16H,1-2,7-12,18H2,(H,19,21). The van der Waals surface area contributed by atoms with E-state index in [1.165, 1.54) is 19.4 Å². The summed E-state index contributed by atoms with van der Waals surface area (Å²) in [6.07, 6.45) is 5.30. The lowest BCUT2D eigenvalue weighted by atomic mass is 9.97. The number of hydrogen-bond donors (Lipinski definition) is 2. The molecule has 2 atom stereocenters. The minimum absolute atomic E-state index is 0.145. The first-order valence-electron chi connectivity index (χ1n) is 8.06. The normalized spacial score (nSPS) is 25.6. The molecule has 114 valence electrons. The van der Waals surface area contributed by atoms with Gasteiger partial charge in [-0.05, 0) is 43.4 Å². The van der Waals surface area contributed by atoms with E-state index in [4.69, 9.17) is 5.73 Å². The van der Waals surface area contributed by atoms with Crippen LogP contribution in [0.5, 0.6) is 0 Å². The second kappa shape index (κ2) is 6.58. The summed E-state index contributed by atoms with van der Waals surface area (Å²) in [5.74, 6) is 0.145. The Morgan fingerprint density at radius 2 is 1.95 bits per heavy atom. The summed E-state index contributed by atoms with van der Waals surface area (Å²) in [7, 11) is 0. The van der Waals surface area contributed by atoms with Gasteiger partial charge < -0.3 is 16.0 Å². The van der Waals surface area contributed by atoms with Crippen LogP contribution < -0.4 is 11.1 Å². The first kappa shape index (κ1) is 14.5. The number of hydrogen-bond acceptors (Lipinski definition) is 3. The van der Waals surface area contributed by atoms with E-state index in [1.54, 1.807) is 0 Å². The predicted octanol–water partition coefficient (Wildman–Crippen LogP) is 1.43. The molecule has 4 nitrogen and oxygen atoms in total. The number of carbonyl (C=O) groups is 1. The van der Waals surface area contributed by atoms with Gasteiger partial charge in [-0.1, -0.05) is 24.3 Å². The molecule has 1 aromatic carbocycles. The maximum absolute atomic E-state index is 12.2. The molecule has 2 saturated heterocycles. The Balaban J connectivity index is 1.49. The van der Waals surface area contributed by atoms with Crippen molar-refractivity contribution >= 4 is 5.91 Å². The summed E-state index contributed by atoms with van der Waals surface area (Å²) in [5.41, 5.74) is 7.75. The lowest BCUT2D eigenvalue weighted by Gasteiger charge is -2.35. The number of nitrogens with one attached hydrogen (secondary N) is 1. The SMILES string of the molecule is NCc1ccc(CC(=O)NC2CCN3CCCC3C2)cc1.